The Morgan fingerprint density at radius 2 is 1.71 bits per heavy atom. The molecule has 2 aromatic carbocycles. The SMILES string of the molecule is CCCOc1ccc(N2CCN(CCCc3cc4nc(-c5ccccc5)nn4c(N)n3)CC2)cc1. The summed E-state index contributed by atoms with van der Waals surface area (Å²) in [4.78, 5) is 14.2. The molecule has 4 aromatic rings. The third kappa shape index (κ3) is 5.54. The van der Waals surface area contributed by atoms with E-state index in [2.05, 4.69) is 56.1 Å². The maximum atomic E-state index is 6.19. The first-order valence-corrected chi connectivity index (χ1v) is 12.5. The highest BCUT2D eigenvalue weighted by Gasteiger charge is 2.17. The van der Waals surface area contributed by atoms with Crippen molar-refractivity contribution in [3.05, 3.63) is 66.4 Å². The lowest BCUT2D eigenvalue weighted by Crippen LogP contribution is -2.46. The van der Waals surface area contributed by atoms with Crippen LogP contribution in [0.2, 0.25) is 0 Å². The molecule has 1 fully saturated rings. The Bertz CT molecular complexity index is 1230. The molecule has 0 aliphatic carbocycles. The number of nitrogen functional groups attached to an aromatic ring is 1. The Balaban J connectivity index is 1.12. The van der Waals surface area contributed by atoms with Crippen molar-refractivity contribution >= 4 is 17.3 Å². The van der Waals surface area contributed by atoms with Gasteiger partial charge in [0.05, 0.1) is 6.61 Å². The lowest BCUT2D eigenvalue weighted by molar-refractivity contribution is 0.255. The van der Waals surface area contributed by atoms with Crippen molar-refractivity contribution in [3.63, 3.8) is 0 Å². The minimum Gasteiger partial charge on any atom is -0.494 e. The van der Waals surface area contributed by atoms with Gasteiger partial charge in [-0.05, 0) is 50.1 Å². The second-order valence-corrected chi connectivity index (χ2v) is 8.95. The Morgan fingerprint density at radius 1 is 0.943 bits per heavy atom. The summed E-state index contributed by atoms with van der Waals surface area (Å²) in [6, 6.07) is 20.4. The maximum absolute atomic E-state index is 6.19. The molecule has 35 heavy (non-hydrogen) atoms. The van der Waals surface area contributed by atoms with Crippen LogP contribution in [0, 0.1) is 0 Å². The molecule has 0 radical (unpaired) electrons. The molecule has 182 valence electrons. The average Bonchev–Trinajstić information content (AvgIpc) is 3.34. The molecule has 1 aliphatic heterocycles. The maximum Gasteiger partial charge on any atom is 0.223 e. The standard InChI is InChI=1S/C27H33N7O/c1-2-19-35-24-12-10-23(11-13-24)33-17-15-32(16-18-33)14-6-9-22-20-25-30-26(21-7-4-3-5-8-21)31-34(25)27(28)29-22/h3-5,7-8,10-13,20H,2,6,9,14-19H2,1H3,(H2,28,29). The zero-order valence-electron chi connectivity index (χ0n) is 20.3. The van der Waals surface area contributed by atoms with E-state index in [9.17, 15) is 0 Å². The lowest BCUT2D eigenvalue weighted by Gasteiger charge is -2.36. The van der Waals surface area contributed by atoms with Crippen LogP contribution in [0.15, 0.2) is 60.7 Å². The Hall–Kier alpha value is -3.65. The van der Waals surface area contributed by atoms with Gasteiger partial charge in [-0.3, -0.25) is 4.90 Å². The largest absolute Gasteiger partial charge is 0.494 e. The van der Waals surface area contributed by atoms with E-state index in [1.807, 2.05) is 36.4 Å². The molecule has 2 N–H and O–H groups in total. The monoisotopic (exact) mass is 471 g/mol. The molecule has 3 heterocycles. The van der Waals surface area contributed by atoms with Crippen LogP contribution in [0.25, 0.3) is 17.0 Å². The molecule has 8 nitrogen and oxygen atoms in total. The van der Waals surface area contributed by atoms with Crippen LogP contribution < -0.4 is 15.4 Å². The molecular formula is C27H33N7O. The molecule has 1 aliphatic rings. The summed E-state index contributed by atoms with van der Waals surface area (Å²) in [5.74, 6) is 1.99. The molecule has 8 heteroatoms. The van der Waals surface area contributed by atoms with Crippen molar-refractivity contribution in [2.75, 3.05) is 50.0 Å². The van der Waals surface area contributed by atoms with Gasteiger partial charge in [-0.2, -0.15) is 4.52 Å². The molecule has 1 saturated heterocycles. The first-order chi connectivity index (χ1) is 17.2. The normalized spacial score (nSPS) is 14.5. The number of hydrogen-bond acceptors (Lipinski definition) is 7. The Labute approximate surface area is 206 Å². The summed E-state index contributed by atoms with van der Waals surface area (Å²) in [5.41, 5.74) is 10.1. The van der Waals surface area contributed by atoms with E-state index in [1.165, 1.54) is 5.69 Å². The van der Waals surface area contributed by atoms with Crippen LogP contribution in [0.1, 0.15) is 25.5 Å². The van der Waals surface area contributed by atoms with Crippen LogP contribution >= 0.6 is 0 Å². The van der Waals surface area contributed by atoms with Crippen molar-refractivity contribution in [1.82, 2.24) is 24.5 Å². The van der Waals surface area contributed by atoms with Crippen LogP contribution in [0.3, 0.4) is 0 Å². The predicted molar refractivity (Wildman–Crippen MR) is 140 cm³/mol. The number of fused-ring (bicyclic) bond motifs is 1. The molecule has 0 unspecified atom stereocenters. The molecular weight excluding hydrogens is 438 g/mol. The van der Waals surface area contributed by atoms with E-state index in [0.29, 0.717) is 11.8 Å². The van der Waals surface area contributed by atoms with Gasteiger partial charge in [0.25, 0.3) is 0 Å². The number of nitrogens with two attached hydrogens (primary N) is 1. The van der Waals surface area contributed by atoms with Gasteiger partial charge in [0.15, 0.2) is 11.5 Å². The number of aryl methyl sites for hydroxylation is 1. The number of hydrogen-bond donors (Lipinski definition) is 1. The van der Waals surface area contributed by atoms with E-state index < -0.39 is 0 Å². The molecule has 0 atom stereocenters. The number of aromatic nitrogens is 4. The van der Waals surface area contributed by atoms with Crippen molar-refractivity contribution in [3.8, 4) is 17.1 Å². The molecule has 0 amide bonds. The van der Waals surface area contributed by atoms with E-state index in [1.54, 1.807) is 4.52 Å². The zero-order chi connectivity index (χ0) is 24.0. The zero-order valence-corrected chi connectivity index (χ0v) is 20.3. The van der Waals surface area contributed by atoms with Crippen molar-refractivity contribution in [2.45, 2.75) is 26.2 Å². The number of rotatable bonds is 9. The third-order valence-electron chi connectivity index (χ3n) is 6.39. The first-order valence-electron chi connectivity index (χ1n) is 12.5. The second kappa shape index (κ2) is 10.7. The van der Waals surface area contributed by atoms with E-state index in [-0.39, 0.29) is 0 Å². The van der Waals surface area contributed by atoms with Gasteiger partial charge in [0.1, 0.15) is 5.75 Å². The smallest absolute Gasteiger partial charge is 0.223 e. The highest BCUT2D eigenvalue weighted by atomic mass is 16.5. The van der Waals surface area contributed by atoms with Gasteiger partial charge < -0.3 is 15.4 Å². The molecule has 0 bridgehead atoms. The fourth-order valence-corrected chi connectivity index (χ4v) is 4.49. The summed E-state index contributed by atoms with van der Waals surface area (Å²) in [6.07, 6.45) is 2.93. The van der Waals surface area contributed by atoms with Crippen LogP contribution in [-0.4, -0.2) is 63.8 Å². The topological polar surface area (TPSA) is 84.8 Å². The number of benzene rings is 2. The van der Waals surface area contributed by atoms with Crippen LogP contribution in [-0.2, 0) is 6.42 Å². The van der Waals surface area contributed by atoms with Gasteiger partial charge in [0, 0.05) is 49.2 Å². The number of piperazine rings is 1. The molecule has 5 rings (SSSR count). The quantitative estimate of drug-likeness (QED) is 0.396. The number of ether oxygens (including phenoxy) is 1. The van der Waals surface area contributed by atoms with E-state index in [4.69, 9.17) is 10.5 Å². The Morgan fingerprint density at radius 3 is 2.46 bits per heavy atom. The van der Waals surface area contributed by atoms with Crippen molar-refractivity contribution in [2.24, 2.45) is 0 Å². The van der Waals surface area contributed by atoms with Crippen LogP contribution in [0.4, 0.5) is 11.6 Å². The molecule has 0 spiro atoms. The van der Waals surface area contributed by atoms with Gasteiger partial charge in [-0.1, -0.05) is 37.3 Å². The number of nitrogens with zero attached hydrogens (tertiary/aromatic N) is 6. The van der Waals surface area contributed by atoms with Gasteiger partial charge in [-0.25, -0.2) is 9.97 Å². The summed E-state index contributed by atoms with van der Waals surface area (Å²) >= 11 is 0. The summed E-state index contributed by atoms with van der Waals surface area (Å²) in [7, 11) is 0. The highest BCUT2D eigenvalue weighted by Crippen LogP contribution is 2.21. The fraction of sp³-hybridized carbons (Fsp3) is 0.370. The minimum atomic E-state index is 0.381. The van der Waals surface area contributed by atoms with Crippen molar-refractivity contribution < 1.29 is 4.74 Å². The Kier molecular flexibility index (Phi) is 7.09. The van der Waals surface area contributed by atoms with E-state index in [0.717, 1.165) is 81.2 Å². The predicted octanol–water partition coefficient (Wildman–Crippen LogP) is 3.92. The summed E-state index contributed by atoms with van der Waals surface area (Å²) < 4.78 is 7.32. The average molecular weight is 472 g/mol. The first kappa shape index (κ1) is 23.1. The minimum absolute atomic E-state index is 0.381. The summed E-state index contributed by atoms with van der Waals surface area (Å²) in [5, 5.41) is 4.53. The van der Waals surface area contributed by atoms with Gasteiger partial charge in [0.2, 0.25) is 5.95 Å². The third-order valence-corrected chi connectivity index (χ3v) is 6.39. The van der Waals surface area contributed by atoms with Crippen molar-refractivity contribution in [1.29, 1.82) is 0 Å². The summed E-state index contributed by atoms with van der Waals surface area (Å²) in [6.45, 7) is 8.13. The highest BCUT2D eigenvalue weighted by molar-refractivity contribution is 5.59. The fourth-order valence-electron chi connectivity index (χ4n) is 4.49. The molecule has 2 aromatic heterocycles. The molecule has 0 saturated carbocycles. The number of anilines is 2. The van der Waals surface area contributed by atoms with Crippen LogP contribution in [0.5, 0.6) is 5.75 Å². The lowest BCUT2D eigenvalue weighted by atomic mass is 10.2. The second-order valence-electron chi connectivity index (χ2n) is 8.95. The van der Waals surface area contributed by atoms with E-state index >= 15 is 0 Å². The van der Waals surface area contributed by atoms with Gasteiger partial charge >= 0.3 is 0 Å². The van der Waals surface area contributed by atoms with Gasteiger partial charge in [-0.15, -0.1) is 5.10 Å².